The van der Waals surface area contributed by atoms with Crippen LogP contribution in [0.2, 0.25) is 0 Å². The van der Waals surface area contributed by atoms with Crippen LogP contribution in [0.5, 0.6) is 5.75 Å². The van der Waals surface area contributed by atoms with Crippen molar-refractivity contribution in [3.8, 4) is 5.75 Å². The maximum atomic E-state index is 12.8. The zero-order valence-electron chi connectivity index (χ0n) is 17.3. The molecule has 11 heteroatoms. The van der Waals surface area contributed by atoms with Crippen LogP contribution in [0.15, 0.2) is 33.9 Å². The zero-order chi connectivity index (χ0) is 23.2. The van der Waals surface area contributed by atoms with Gasteiger partial charge in [0.1, 0.15) is 0 Å². The van der Waals surface area contributed by atoms with Gasteiger partial charge in [-0.2, -0.15) is 10.1 Å². The van der Waals surface area contributed by atoms with Crippen molar-refractivity contribution in [2.45, 2.75) is 26.4 Å². The number of benzene rings is 1. The predicted molar refractivity (Wildman–Crippen MR) is 115 cm³/mol. The lowest BCUT2D eigenvalue weighted by molar-refractivity contribution is -0.386. The number of hydrogen-bond donors (Lipinski definition) is 0. The normalized spacial score (nSPS) is 26.7. The Bertz CT molecular complexity index is 1040. The number of hydrazone groups is 1. The SMILES string of the molecule is CCOC(=O)[C@@H](C)Oc1c(C=NN2C(=O)[C@@H]3[C@H](C2=O)[C@H]2C=C[C@H]3C2)cc(Br)cc1[N+](=O)[O-]. The lowest BCUT2D eigenvalue weighted by Gasteiger charge is -2.16. The first-order valence-electron chi connectivity index (χ1n) is 10.1. The van der Waals surface area contributed by atoms with Gasteiger partial charge < -0.3 is 9.47 Å². The van der Waals surface area contributed by atoms with Crippen molar-refractivity contribution in [2.75, 3.05) is 6.61 Å². The first-order chi connectivity index (χ1) is 15.2. The van der Waals surface area contributed by atoms with Gasteiger partial charge in [0.25, 0.3) is 11.8 Å². The maximum absolute atomic E-state index is 12.8. The molecule has 2 fully saturated rings. The van der Waals surface area contributed by atoms with Crippen LogP contribution in [-0.4, -0.2) is 46.6 Å². The number of nitro groups is 1. The summed E-state index contributed by atoms with van der Waals surface area (Å²) in [5, 5.41) is 16.5. The molecule has 0 aromatic heterocycles. The van der Waals surface area contributed by atoms with E-state index in [1.165, 1.54) is 19.1 Å². The molecule has 3 aliphatic rings. The van der Waals surface area contributed by atoms with Gasteiger partial charge in [-0.3, -0.25) is 19.7 Å². The minimum Gasteiger partial charge on any atom is -0.471 e. The number of carbonyl (C=O) groups excluding carboxylic acids is 3. The highest BCUT2D eigenvalue weighted by Gasteiger charge is 2.59. The van der Waals surface area contributed by atoms with Crippen LogP contribution in [0.25, 0.3) is 0 Å². The fourth-order valence-electron chi connectivity index (χ4n) is 4.56. The summed E-state index contributed by atoms with van der Waals surface area (Å²) in [4.78, 5) is 48.6. The third-order valence-electron chi connectivity index (χ3n) is 5.93. The minimum absolute atomic E-state index is 0.0397. The number of halogens is 1. The van der Waals surface area contributed by atoms with Gasteiger partial charge in [-0.25, -0.2) is 4.79 Å². The van der Waals surface area contributed by atoms with Gasteiger partial charge in [-0.1, -0.05) is 28.1 Å². The van der Waals surface area contributed by atoms with Gasteiger partial charge in [0.15, 0.2) is 6.10 Å². The van der Waals surface area contributed by atoms with Crippen molar-refractivity contribution in [3.05, 3.63) is 44.4 Å². The van der Waals surface area contributed by atoms with Crippen molar-refractivity contribution >= 4 is 45.6 Å². The summed E-state index contributed by atoms with van der Waals surface area (Å²) in [5.41, 5.74) is -0.281. The molecule has 4 rings (SSSR count). The average molecular weight is 506 g/mol. The third kappa shape index (κ3) is 3.70. The van der Waals surface area contributed by atoms with Crippen molar-refractivity contribution in [1.82, 2.24) is 5.01 Å². The highest BCUT2D eigenvalue weighted by molar-refractivity contribution is 9.10. The molecule has 2 bridgehead atoms. The van der Waals surface area contributed by atoms with Crippen molar-refractivity contribution in [3.63, 3.8) is 0 Å². The summed E-state index contributed by atoms with van der Waals surface area (Å²) in [6.45, 7) is 3.16. The van der Waals surface area contributed by atoms with E-state index in [2.05, 4.69) is 21.0 Å². The Hall–Kier alpha value is -3.08. The zero-order valence-corrected chi connectivity index (χ0v) is 18.9. The molecule has 0 unspecified atom stereocenters. The molecule has 1 saturated carbocycles. The molecule has 2 aliphatic carbocycles. The Morgan fingerprint density at radius 3 is 2.50 bits per heavy atom. The van der Waals surface area contributed by atoms with Crippen LogP contribution in [0.3, 0.4) is 0 Å². The van der Waals surface area contributed by atoms with Gasteiger partial charge >= 0.3 is 11.7 Å². The quantitative estimate of drug-likeness (QED) is 0.139. The van der Waals surface area contributed by atoms with Crippen molar-refractivity contribution in [2.24, 2.45) is 28.8 Å². The highest BCUT2D eigenvalue weighted by atomic mass is 79.9. The van der Waals surface area contributed by atoms with Crippen LogP contribution in [0.1, 0.15) is 25.8 Å². The lowest BCUT2D eigenvalue weighted by Crippen LogP contribution is -2.28. The van der Waals surface area contributed by atoms with E-state index in [1.807, 2.05) is 12.2 Å². The molecule has 0 radical (unpaired) electrons. The Kier molecular flexibility index (Phi) is 5.85. The molecular formula is C21H20BrN3O7. The average Bonchev–Trinajstić information content (AvgIpc) is 3.42. The number of ether oxygens (including phenoxy) is 2. The largest absolute Gasteiger partial charge is 0.471 e. The number of imide groups is 1. The number of carbonyl (C=O) groups is 3. The lowest BCUT2D eigenvalue weighted by atomic mass is 9.85. The molecule has 168 valence electrons. The number of nitrogens with zero attached hydrogens (tertiary/aromatic N) is 3. The standard InChI is InChI=1S/C21H20BrN3O7/c1-3-31-21(28)10(2)32-18-13(7-14(22)8-15(18)25(29)30)9-23-24-19(26)16-11-4-5-12(6-11)17(16)20(24)27/h4-5,7-12,16-17H,3,6H2,1-2H3/t10-,11+,12+,16-,17+/m1/s1. The van der Waals surface area contributed by atoms with E-state index in [-0.39, 0.29) is 41.6 Å². The monoisotopic (exact) mass is 505 g/mol. The second-order valence-electron chi connectivity index (χ2n) is 7.85. The van der Waals surface area contributed by atoms with Gasteiger partial charge in [0.2, 0.25) is 5.75 Å². The minimum atomic E-state index is -1.13. The molecule has 32 heavy (non-hydrogen) atoms. The number of amides is 2. The van der Waals surface area contributed by atoms with E-state index in [9.17, 15) is 24.5 Å². The van der Waals surface area contributed by atoms with Gasteiger partial charge in [0, 0.05) is 16.1 Å². The molecule has 0 spiro atoms. The molecule has 0 N–H and O–H groups in total. The van der Waals surface area contributed by atoms with Gasteiger partial charge in [-0.05, 0) is 38.2 Å². The van der Waals surface area contributed by atoms with Crippen molar-refractivity contribution in [1.29, 1.82) is 0 Å². The van der Waals surface area contributed by atoms with E-state index in [0.717, 1.165) is 17.6 Å². The number of hydrogen-bond acceptors (Lipinski definition) is 8. The molecular weight excluding hydrogens is 486 g/mol. The topological polar surface area (TPSA) is 128 Å². The number of fused-ring (bicyclic) bond motifs is 5. The number of esters is 1. The molecule has 10 nitrogen and oxygen atoms in total. The summed E-state index contributed by atoms with van der Waals surface area (Å²) in [5.74, 6) is -2.40. The number of allylic oxidation sites excluding steroid dienone is 2. The maximum Gasteiger partial charge on any atom is 0.347 e. The summed E-state index contributed by atoms with van der Waals surface area (Å²) in [6.07, 6.45) is 4.79. The summed E-state index contributed by atoms with van der Waals surface area (Å²) >= 11 is 3.21. The molecule has 1 saturated heterocycles. The highest BCUT2D eigenvalue weighted by Crippen LogP contribution is 2.52. The Morgan fingerprint density at radius 2 is 1.94 bits per heavy atom. The Balaban J connectivity index is 1.65. The van der Waals surface area contributed by atoms with E-state index >= 15 is 0 Å². The molecule has 1 aliphatic heterocycles. The van der Waals surface area contributed by atoms with E-state index < -0.39 is 34.5 Å². The van der Waals surface area contributed by atoms with Crippen LogP contribution in [-0.2, 0) is 19.1 Å². The smallest absolute Gasteiger partial charge is 0.347 e. The second-order valence-corrected chi connectivity index (χ2v) is 8.76. The summed E-state index contributed by atoms with van der Waals surface area (Å²) < 4.78 is 10.8. The van der Waals surface area contributed by atoms with Crippen LogP contribution in [0.4, 0.5) is 5.69 Å². The third-order valence-corrected chi connectivity index (χ3v) is 6.39. The molecule has 1 heterocycles. The summed E-state index contributed by atoms with van der Waals surface area (Å²) in [6, 6.07) is 2.71. The molecule has 5 atom stereocenters. The second kappa shape index (κ2) is 8.45. The van der Waals surface area contributed by atoms with Gasteiger partial charge in [-0.15, -0.1) is 0 Å². The predicted octanol–water partition coefficient (Wildman–Crippen LogP) is 2.83. The fourth-order valence-corrected chi connectivity index (χ4v) is 5.03. The Labute approximate surface area is 191 Å². The molecule has 2 amide bonds. The molecule has 1 aromatic rings. The molecule has 1 aromatic carbocycles. The van der Waals surface area contributed by atoms with Gasteiger partial charge in [0.05, 0.1) is 29.6 Å². The first kappa shape index (κ1) is 22.1. The number of rotatable bonds is 7. The summed E-state index contributed by atoms with van der Waals surface area (Å²) in [7, 11) is 0. The van der Waals surface area contributed by atoms with Crippen LogP contribution < -0.4 is 4.74 Å². The van der Waals surface area contributed by atoms with E-state index in [0.29, 0.717) is 4.47 Å². The first-order valence-corrected chi connectivity index (χ1v) is 10.9. The number of nitro benzene ring substituents is 1. The van der Waals surface area contributed by atoms with E-state index in [4.69, 9.17) is 9.47 Å². The van der Waals surface area contributed by atoms with Crippen LogP contribution in [0, 0.1) is 33.8 Å². The van der Waals surface area contributed by atoms with Crippen molar-refractivity contribution < 1.29 is 28.8 Å². The van der Waals surface area contributed by atoms with Crippen LogP contribution >= 0.6 is 15.9 Å². The van der Waals surface area contributed by atoms with E-state index in [1.54, 1.807) is 6.92 Å². The Morgan fingerprint density at radius 1 is 1.31 bits per heavy atom. The fraction of sp³-hybridized carbons (Fsp3) is 0.429.